The molecule has 0 radical (unpaired) electrons. The van der Waals surface area contributed by atoms with Crippen LogP contribution in [-0.4, -0.2) is 54.7 Å². The predicted octanol–water partition coefficient (Wildman–Crippen LogP) is 3.18. The van der Waals surface area contributed by atoms with Crippen molar-refractivity contribution in [1.82, 2.24) is 15.8 Å². The predicted molar refractivity (Wildman–Crippen MR) is 123 cm³/mol. The van der Waals surface area contributed by atoms with Crippen molar-refractivity contribution >= 4 is 40.9 Å². The summed E-state index contributed by atoms with van der Waals surface area (Å²) >= 11 is 7.29. The van der Waals surface area contributed by atoms with Gasteiger partial charge in [0, 0.05) is 54.8 Å². The maximum Gasteiger partial charge on any atom is 0.251 e. The summed E-state index contributed by atoms with van der Waals surface area (Å²) in [5, 5.41) is 0.322. The normalized spacial score (nSPS) is 15.5. The molecule has 0 aromatic heterocycles. The number of hydrogen-bond acceptors (Lipinski definition) is 5. The van der Waals surface area contributed by atoms with Gasteiger partial charge in [-0.3, -0.25) is 25.3 Å². The van der Waals surface area contributed by atoms with Crippen molar-refractivity contribution in [2.45, 2.75) is 23.5 Å². The molecule has 1 unspecified atom stereocenters. The van der Waals surface area contributed by atoms with E-state index in [0.717, 1.165) is 31.1 Å². The zero-order valence-electron chi connectivity index (χ0n) is 17.0. The Hall–Kier alpha value is -2.22. The molecule has 1 atom stereocenters. The number of rotatable bonds is 7. The van der Waals surface area contributed by atoms with Gasteiger partial charge >= 0.3 is 0 Å². The number of piperazine rings is 1. The molecular formula is C22H27ClN4O2S. The zero-order valence-corrected chi connectivity index (χ0v) is 18.6. The van der Waals surface area contributed by atoms with E-state index in [-0.39, 0.29) is 17.1 Å². The highest BCUT2D eigenvalue weighted by molar-refractivity contribution is 8.00. The van der Waals surface area contributed by atoms with Gasteiger partial charge in [0.05, 0.1) is 5.25 Å². The molecule has 2 aromatic carbocycles. The van der Waals surface area contributed by atoms with Crippen LogP contribution in [0.1, 0.15) is 13.3 Å². The maximum atomic E-state index is 12.2. The molecule has 1 aliphatic heterocycles. The Morgan fingerprint density at radius 1 is 1.00 bits per heavy atom. The molecule has 1 fully saturated rings. The number of carbonyl (C=O) groups excluding carboxylic acids is 2. The molecule has 3 rings (SSSR count). The third-order valence-electron chi connectivity index (χ3n) is 4.97. The van der Waals surface area contributed by atoms with Crippen LogP contribution in [0.2, 0.25) is 5.02 Å². The lowest BCUT2D eigenvalue weighted by Crippen LogP contribution is -2.48. The van der Waals surface area contributed by atoms with Crippen LogP contribution in [0.25, 0.3) is 0 Å². The zero-order chi connectivity index (χ0) is 21.3. The van der Waals surface area contributed by atoms with Crippen molar-refractivity contribution in [1.29, 1.82) is 0 Å². The summed E-state index contributed by atoms with van der Waals surface area (Å²) in [5.74, 6) is -0.419. The van der Waals surface area contributed by atoms with Gasteiger partial charge in [-0.25, -0.2) is 0 Å². The Balaban J connectivity index is 1.32. The van der Waals surface area contributed by atoms with Crippen LogP contribution >= 0.6 is 23.4 Å². The van der Waals surface area contributed by atoms with Gasteiger partial charge in [-0.05, 0) is 43.3 Å². The molecule has 8 heteroatoms. The molecule has 1 aliphatic rings. The van der Waals surface area contributed by atoms with Crippen LogP contribution in [0, 0.1) is 0 Å². The minimum atomic E-state index is -0.336. The van der Waals surface area contributed by atoms with E-state index in [1.807, 2.05) is 18.2 Å². The molecule has 0 spiro atoms. The lowest BCUT2D eigenvalue weighted by molar-refractivity contribution is -0.128. The van der Waals surface area contributed by atoms with Gasteiger partial charge in [0.2, 0.25) is 5.91 Å². The Kier molecular flexibility index (Phi) is 8.42. The molecule has 2 N–H and O–H groups in total. The molecule has 0 aliphatic carbocycles. The van der Waals surface area contributed by atoms with Crippen LogP contribution in [0.15, 0.2) is 59.5 Å². The van der Waals surface area contributed by atoms with Crippen LogP contribution in [0.5, 0.6) is 0 Å². The second-order valence-corrected chi connectivity index (χ2v) is 9.02. The van der Waals surface area contributed by atoms with Crippen LogP contribution < -0.4 is 15.8 Å². The van der Waals surface area contributed by atoms with E-state index in [9.17, 15) is 9.59 Å². The number of halogens is 1. The highest BCUT2D eigenvalue weighted by Gasteiger charge is 2.18. The lowest BCUT2D eigenvalue weighted by Gasteiger charge is -2.36. The number of nitrogens with one attached hydrogen (secondary N) is 2. The summed E-state index contributed by atoms with van der Waals surface area (Å²) in [7, 11) is 0. The monoisotopic (exact) mass is 446 g/mol. The van der Waals surface area contributed by atoms with Crippen molar-refractivity contribution in [3.8, 4) is 0 Å². The van der Waals surface area contributed by atoms with E-state index in [1.165, 1.54) is 17.4 Å². The fourth-order valence-electron chi connectivity index (χ4n) is 3.19. The SMILES string of the molecule is CC(Sc1ccc(Cl)cc1)C(=O)NNC(=O)CCN1CCN(c2ccccc2)CC1. The van der Waals surface area contributed by atoms with Crippen LogP contribution in [0.3, 0.4) is 0 Å². The first-order chi connectivity index (χ1) is 14.5. The lowest BCUT2D eigenvalue weighted by atomic mass is 10.2. The largest absolute Gasteiger partial charge is 0.369 e. The molecule has 0 saturated carbocycles. The number of benzene rings is 2. The summed E-state index contributed by atoms with van der Waals surface area (Å²) in [6, 6.07) is 17.7. The maximum absolute atomic E-state index is 12.2. The summed E-state index contributed by atoms with van der Waals surface area (Å²) < 4.78 is 0. The fraction of sp³-hybridized carbons (Fsp3) is 0.364. The molecule has 2 aromatic rings. The van der Waals surface area contributed by atoms with E-state index >= 15 is 0 Å². The Morgan fingerprint density at radius 3 is 2.33 bits per heavy atom. The van der Waals surface area contributed by atoms with Gasteiger partial charge in [0.1, 0.15) is 0 Å². The first kappa shape index (κ1) is 22.5. The first-order valence-corrected chi connectivity index (χ1v) is 11.3. The van der Waals surface area contributed by atoms with Gasteiger partial charge in [-0.1, -0.05) is 29.8 Å². The van der Waals surface area contributed by atoms with Crippen molar-refractivity contribution in [3.63, 3.8) is 0 Å². The van der Waals surface area contributed by atoms with Crippen molar-refractivity contribution < 1.29 is 9.59 Å². The Morgan fingerprint density at radius 2 is 1.67 bits per heavy atom. The number of thioether (sulfide) groups is 1. The Bertz CT molecular complexity index is 827. The number of carbonyl (C=O) groups is 2. The van der Waals surface area contributed by atoms with Gasteiger partial charge in [0.25, 0.3) is 5.91 Å². The average molecular weight is 447 g/mol. The number of hydrazine groups is 1. The van der Waals surface area contributed by atoms with Crippen LogP contribution in [-0.2, 0) is 9.59 Å². The average Bonchev–Trinajstić information content (AvgIpc) is 2.78. The number of para-hydroxylation sites is 1. The van der Waals surface area contributed by atoms with E-state index in [2.05, 4.69) is 44.9 Å². The smallest absolute Gasteiger partial charge is 0.251 e. The topological polar surface area (TPSA) is 64.7 Å². The number of anilines is 1. The molecule has 30 heavy (non-hydrogen) atoms. The van der Waals surface area contributed by atoms with E-state index in [0.29, 0.717) is 18.0 Å². The third-order valence-corrected chi connectivity index (χ3v) is 6.33. The fourth-order valence-corrected chi connectivity index (χ4v) is 4.19. The molecule has 6 nitrogen and oxygen atoms in total. The molecule has 2 amide bonds. The molecule has 1 saturated heterocycles. The van der Waals surface area contributed by atoms with Crippen molar-refractivity contribution in [3.05, 3.63) is 59.6 Å². The number of amides is 2. The van der Waals surface area contributed by atoms with Gasteiger partial charge in [-0.2, -0.15) is 0 Å². The first-order valence-electron chi connectivity index (χ1n) is 10.0. The minimum Gasteiger partial charge on any atom is -0.369 e. The summed E-state index contributed by atoms with van der Waals surface area (Å²) in [4.78, 5) is 29.9. The van der Waals surface area contributed by atoms with Gasteiger partial charge in [-0.15, -0.1) is 11.8 Å². The molecular weight excluding hydrogens is 420 g/mol. The standard InChI is InChI=1S/C22H27ClN4O2S/c1-17(30-20-9-7-18(23)8-10-20)22(29)25-24-21(28)11-12-26-13-15-27(16-14-26)19-5-3-2-4-6-19/h2-10,17H,11-16H2,1H3,(H,24,28)(H,25,29). The summed E-state index contributed by atoms with van der Waals surface area (Å²) in [6.45, 7) is 6.21. The molecule has 160 valence electrons. The van der Waals surface area contributed by atoms with E-state index in [4.69, 9.17) is 11.6 Å². The Labute approximate surface area is 186 Å². The van der Waals surface area contributed by atoms with Crippen molar-refractivity contribution in [2.75, 3.05) is 37.6 Å². The second-order valence-electron chi connectivity index (χ2n) is 7.17. The van der Waals surface area contributed by atoms with E-state index < -0.39 is 0 Å². The number of hydrogen-bond donors (Lipinski definition) is 2. The highest BCUT2D eigenvalue weighted by Crippen LogP contribution is 2.24. The van der Waals surface area contributed by atoms with Crippen LogP contribution in [0.4, 0.5) is 5.69 Å². The summed E-state index contributed by atoms with van der Waals surface area (Å²) in [5.41, 5.74) is 6.28. The third kappa shape index (κ3) is 6.93. The molecule has 1 heterocycles. The minimum absolute atomic E-state index is 0.183. The summed E-state index contributed by atoms with van der Waals surface area (Å²) in [6.07, 6.45) is 0.352. The quantitative estimate of drug-likeness (QED) is 0.505. The molecule has 0 bridgehead atoms. The van der Waals surface area contributed by atoms with Crippen molar-refractivity contribution in [2.24, 2.45) is 0 Å². The van der Waals surface area contributed by atoms with Gasteiger partial charge in [0.15, 0.2) is 0 Å². The second kappa shape index (κ2) is 11.2. The van der Waals surface area contributed by atoms with E-state index in [1.54, 1.807) is 19.1 Å². The number of nitrogens with zero attached hydrogens (tertiary/aromatic N) is 2. The highest BCUT2D eigenvalue weighted by atomic mass is 35.5. The van der Waals surface area contributed by atoms with Gasteiger partial charge < -0.3 is 4.90 Å².